The second kappa shape index (κ2) is 3.17. The predicted molar refractivity (Wildman–Crippen MR) is 43.9 cm³/mol. The van der Waals surface area contributed by atoms with Crippen molar-refractivity contribution in [1.82, 2.24) is 10.2 Å². The van der Waals surface area contributed by atoms with E-state index in [1.165, 1.54) is 12.3 Å². The number of halogens is 3. The molecule has 2 rings (SSSR count). The molecule has 5 heteroatoms. The Morgan fingerprint density at radius 2 is 1.71 bits per heavy atom. The van der Waals surface area contributed by atoms with Crippen LogP contribution in [0.4, 0.5) is 13.2 Å². The summed E-state index contributed by atoms with van der Waals surface area (Å²) in [6.45, 7) is 0. The van der Waals surface area contributed by atoms with Crippen molar-refractivity contribution in [3.8, 4) is 11.3 Å². The number of hydrogen-bond donors (Lipinski definition) is 1. The number of H-pyrrole nitrogens is 1. The van der Waals surface area contributed by atoms with Crippen LogP contribution >= 0.6 is 0 Å². The molecule has 0 saturated heterocycles. The number of aromatic nitrogens is 2. The summed E-state index contributed by atoms with van der Waals surface area (Å²) >= 11 is 0. The Bertz CT molecular complexity index is 428. The maximum atomic E-state index is 12.8. The monoisotopic (exact) mass is 198 g/mol. The fourth-order valence-electron chi connectivity index (χ4n) is 1.13. The molecule has 0 spiro atoms. The highest BCUT2D eigenvalue weighted by atomic mass is 19.2. The largest absolute Gasteiger partial charge is 0.278 e. The molecule has 0 fully saturated rings. The second-order valence-electron chi connectivity index (χ2n) is 2.72. The van der Waals surface area contributed by atoms with Crippen molar-refractivity contribution >= 4 is 0 Å². The second-order valence-corrected chi connectivity index (χ2v) is 2.72. The Hall–Kier alpha value is -1.78. The van der Waals surface area contributed by atoms with Gasteiger partial charge in [0.1, 0.15) is 0 Å². The average molecular weight is 198 g/mol. The van der Waals surface area contributed by atoms with Crippen molar-refractivity contribution < 1.29 is 13.2 Å². The number of hydrogen-bond acceptors (Lipinski definition) is 1. The maximum absolute atomic E-state index is 12.8. The molecule has 1 aromatic heterocycles. The Morgan fingerprint density at radius 1 is 1.07 bits per heavy atom. The number of rotatable bonds is 1. The first-order chi connectivity index (χ1) is 6.68. The van der Waals surface area contributed by atoms with Crippen molar-refractivity contribution in [2.45, 2.75) is 0 Å². The summed E-state index contributed by atoms with van der Waals surface area (Å²) in [5.74, 6) is -3.89. The fraction of sp³-hybridized carbons (Fsp3) is 0. The minimum absolute atomic E-state index is 0.221. The Labute approximate surface area is 77.4 Å². The summed E-state index contributed by atoms with van der Waals surface area (Å²) in [5.41, 5.74) is 0.654. The minimum Gasteiger partial charge on any atom is -0.278 e. The molecular weight excluding hydrogens is 193 g/mol. The highest BCUT2D eigenvalue weighted by molar-refractivity contribution is 5.58. The molecule has 0 aliphatic carbocycles. The van der Waals surface area contributed by atoms with Crippen molar-refractivity contribution in [3.05, 3.63) is 41.8 Å². The lowest BCUT2D eigenvalue weighted by Crippen LogP contribution is -1.91. The Morgan fingerprint density at radius 3 is 2.21 bits per heavy atom. The predicted octanol–water partition coefficient (Wildman–Crippen LogP) is 2.49. The molecule has 2 aromatic rings. The summed E-state index contributed by atoms with van der Waals surface area (Å²) in [7, 11) is 0. The summed E-state index contributed by atoms with van der Waals surface area (Å²) < 4.78 is 38.1. The van der Waals surface area contributed by atoms with Gasteiger partial charge in [-0.05, 0) is 18.2 Å². The van der Waals surface area contributed by atoms with E-state index in [4.69, 9.17) is 0 Å². The standard InChI is InChI=1S/C9H5F3N2/c10-6-3-5(4-7(11)9(6)12)8-1-2-13-14-8/h1-4H,(H,13,14). The lowest BCUT2D eigenvalue weighted by atomic mass is 10.1. The highest BCUT2D eigenvalue weighted by Gasteiger charge is 2.11. The van der Waals surface area contributed by atoms with Crippen LogP contribution in [0.1, 0.15) is 0 Å². The molecule has 0 aliphatic rings. The van der Waals surface area contributed by atoms with Crippen LogP contribution in [-0.2, 0) is 0 Å². The SMILES string of the molecule is Fc1cc(-c2ccn[nH]2)cc(F)c1F. The van der Waals surface area contributed by atoms with Gasteiger partial charge >= 0.3 is 0 Å². The highest BCUT2D eigenvalue weighted by Crippen LogP contribution is 2.21. The number of aromatic amines is 1. The maximum Gasteiger partial charge on any atom is 0.194 e. The van der Waals surface area contributed by atoms with Crippen molar-refractivity contribution in [2.24, 2.45) is 0 Å². The molecule has 72 valence electrons. The smallest absolute Gasteiger partial charge is 0.194 e. The van der Waals surface area contributed by atoms with Crippen molar-refractivity contribution in [3.63, 3.8) is 0 Å². The molecule has 0 radical (unpaired) electrons. The molecule has 0 amide bonds. The van der Waals surface area contributed by atoms with E-state index in [0.29, 0.717) is 5.69 Å². The normalized spacial score (nSPS) is 10.5. The third-order valence-corrected chi connectivity index (χ3v) is 1.80. The number of nitrogens with one attached hydrogen (secondary N) is 1. The molecule has 1 N–H and O–H groups in total. The quantitative estimate of drug-likeness (QED) is 0.700. The first-order valence-electron chi connectivity index (χ1n) is 3.83. The van der Waals surface area contributed by atoms with Crippen molar-refractivity contribution in [1.29, 1.82) is 0 Å². The van der Waals surface area contributed by atoms with Crippen molar-refractivity contribution in [2.75, 3.05) is 0 Å². The van der Waals surface area contributed by atoms with E-state index < -0.39 is 17.5 Å². The average Bonchev–Trinajstić information content (AvgIpc) is 2.66. The first-order valence-corrected chi connectivity index (χ1v) is 3.83. The molecule has 2 nitrogen and oxygen atoms in total. The van der Waals surface area contributed by atoms with Gasteiger partial charge in [0, 0.05) is 11.8 Å². The molecule has 0 aliphatic heterocycles. The van der Waals surface area contributed by atoms with Crippen LogP contribution in [0, 0.1) is 17.5 Å². The summed E-state index contributed by atoms with van der Waals surface area (Å²) in [5, 5.41) is 6.14. The van der Waals surface area contributed by atoms with E-state index in [1.807, 2.05) is 0 Å². The molecule has 0 bridgehead atoms. The lowest BCUT2D eigenvalue weighted by molar-refractivity contribution is 0.447. The van der Waals surface area contributed by atoms with E-state index in [-0.39, 0.29) is 5.56 Å². The molecular formula is C9H5F3N2. The van der Waals surface area contributed by atoms with Crippen LogP contribution in [0.25, 0.3) is 11.3 Å². The molecule has 1 aromatic carbocycles. The van der Waals surface area contributed by atoms with Crippen LogP contribution in [-0.4, -0.2) is 10.2 Å². The zero-order valence-corrected chi connectivity index (χ0v) is 6.89. The van der Waals surface area contributed by atoms with Gasteiger partial charge < -0.3 is 0 Å². The van der Waals surface area contributed by atoms with Gasteiger partial charge in [-0.3, -0.25) is 5.10 Å². The third-order valence-electron chi connectivity index (χ3n) is 1.80. The molecule has 0 unspecified atom stereocenters. The lowest BCUT2D eigenvalue weighted by Gasteiger charge is -1.99. The first kappa shape index (κ1) is 8.80. The molecule has 14 heavy (non-hydrogen) atoms. The Kier molecular flexibility index (Phi) is 1.99. The van der Waals surface area contributed by atoms with Crippen LogP contribution in [0.3, 0.4) is 0 Å². The molecule has 0 atom stereocenters. The van der Waals surface area contributed by atoms with Gasteiger partial charge in [0.2, 0.25) is 0 Å². The number of nitrogens with zero attached hydrogens (tertiary/aromatic N) is 1. The van der Waals surface area contributed by atoms with Gasteiger partial charge in [0.05, 0.1) is 5.69 Å². The van der Waals surface area contributed by atoms with Gasteiger partial charge in [-0.15, -0.1) is 0 Å². The van der Waals surface area contributed by atoms with Crippen LogP contribution < -0.4 is 0 Å². The zero-order chi connectivity index (χ0) is 10.1. The molecule has 1 heterocycles. The van der Waals surface area contributed by atoms with E-state index in [0.717, 1.165) is 12.1 Å². The summed E-state index contributed by atoms with van der Waals surface area (Å²) in [4.78, 5) is 0. The van der Waals surface area contributed by atoms with E-state index in [2.05, 4.69) is 10.2 Å². The molecule has 0 saturated carbocycles. The van der Waals surface area contributed by atoms with Gasteiger partial charge in [-0.1, -0.05) is 0 Å². The van der Waals surface area contributed by atoms with Gasteiger partial charge in [0.25, 0.3) is 0 Å². The van der Waals surface area contributed by atoms with Crippen LogP contribution in [0.2, 0.25) is 0 Å². The summed E-state index contributed by atoms with van der Waals surface area (Å²) in [6, 6.07) is 3.35. The van der Waals surface area contributed by atoms with E-state index in [1.54, 1.807) is 0 Å². The van der Waals surface area contributed by atoms with Gasteiger partial charge in [-0.2, -0.15) is 5.10 Å². The van der Waals surface area contributed by atoms with E-state index >= 15 is 0 Å². The minimum atomic E-state index is -1.46. The Balaban J connectivity index is 2.57. The zero-order valence-electron chi connectivity index (χ0n) is 6.89. The number of benzene rings is 1. The van der Waals surface area contributed by atoms with Gasteiger partial charge in [0.15, 0.2) is 17.5 Å². The van der Waals surface area contributed by atoms with E-state index in [9.17, 15) is 13.2 Å². The summed E-state index contributed by atoms with van der Waals surface area (Å²) in [6.07, 6.45) is 1.44. The van der Waals surface area contributed by atoms with Crippen LogP contribution in [0.5, 0.6) is 0 Å². The topological polar surface area (TPSA) is 28.7 Å². The third kappa shape index (κ3) is 1.37. The fourth-order valence-corrected chi connectivity index (χ4v) is 1.13. The van der Waals surface area contributed by atoms with Gasteiger partial charge in [-0.25, -0.2) is 13.2 Å². The van der Waals surface area contributed by atoms with Crippen LogP contribution in [0.15, 0.2) is 24.4 Å².